The molecule has 0 fully saturated rings. The van der Waals surface area contributed by atoms with Crippen LogP contribution in [0, 0.1) is 0 Å². The summed E-state index contributed by atoms with van der Waals surface area (Å²) >= 11 is 0. The van der Waals surface area contributed by atoms with Crippen LogP contribution in [0.4, 0.5) is 0 Å². The van der Waals surface area contributed by atoms with Crippen LogP contribution in [0.1, 0.15) is 5.56 Å². The first kappa shape index (κ1) is 12.6. The fourth-order valence-electron chi connectivity index (χ4n) is 1.17. The smallest absolute Gasteiger partial charge is 0.340 e. The molecular weight excluding hydrogens is 222 g/mol. The average molecular weight is 233 g/mol. The highest BCUT2D eigenvalue weighted by molar-refractivity contribution is 5.93. The zero-order valence-electron chi connectivity index (χ0n) is 9.45. The molecule has 6 heteroatoms. The molecule has 0 N–H and O–H groups in total. The van der Waals surface area contributed by atoms with Crippen molar-refractivity contribution in [3.8, 4) is 5.75 Å². The second kappa shape index (κ2) is 6.19. The number of carbonyl (C=O) groups excluding carboxylic acids is 1. The Morgan fingerprint density at radius 2 is 2.24 bits per heavy atom. The van der Waals surface area contributed by atoms with Gasteiger partial charge in [-0.05, 0) is 29.3 Å². The van der Waals surface area contributed by atoms with E-state index < -0.39 is 5.97 Å². The molecule has 6 nitrogen and oxygen atoms in total. The molecule has 0 spiro atoms. The molecule has 0 radical (unpaired) electrons. The molecule has 0 unspecified atom stereocenters. The van der Waals surface area contributed by atoms with E-state index in [-0.39, 0.29) is 5.70 Å². The minimum absolute atomic E-state index is 0.108. The van der Waals surface area contributed by atoms with Gasteiger partial charge in [0, 0.05) is 4.91 Å². The van der Waals surface area contributed by atoms with E-state index in [9.17, 15) is 4.79 Å². The molecule has 0 amide bonds. The largest absolute Gasteiger partial charge is 0.497 e. The standard InChI is InChI=1S/C11H11N3O3/c1-16-9-5-3-4-8(6-9)7-10(13-14-12)11(15)17-2/h3-7H,1-2H3. The molecule has 1 aromatic rings. The predicted molar refractivity (Wildman–Crippen MR) is 62.1 cm³/mol. The van der Waals surface area contributed by atoms with E-state index in [2.05, 4.69) is 14.8 Å². The quantitative estimate of drug-likeness (QED) is 0.263. The summed E-state index contributed by atoms with van der Waals surface area (Å²) in [5, 5.41) is 3.27. The Morgan fingerprint density at radius 1 is 1.47 bits per heavy atom. The Hall–Kier alpha value is -2.46. The van der Waals surface area contributed by atoms with E-state index in [0.717, 1.165) is 0 Å². The van der Waals surface area contributed by atoms with Crippen molar-refractivity contribution in [2.24, 2.45) is 5.11 Å². The lowest BCUT2D eigenvalue weighted by atomic mass is 10.2. The molecule has 0 aliphatic rings. The van der Waals surface area contributed by atoms with Crippen LogP contribution in [-0.2, 0) is 9.53 Å². The average Bonchev–Trinajstić information content (AvgIpc) is 2.37. The third-order valence-corrected chi connectivity index (χ3v) is 1.94. The first-order valence-electron chi connectivity index (χ1n) is 4.70. The number of methoxy groups -OCH3 is 2. The normalized spacial score (nSPS) is 10.4. The number of carbonyl (C=O) groups is 1. The van der Waals surface area contributed by atoms with Gasteiger partial charge in [0.25, 0.3) is 0 Å². The molecule has 17 heavy (non-hydrogen) atoms. The summed E-state index contributed by atoms with van der Waals surface area (Å²) in [6, 6.07) is 6.98. The van der Waals surface area contributed by atoms with Crippen molar-refractivity contribution in [1.29, 1.82) is 0 Å². The van der Waals surface area contributed by atoms with Crippen molar-refractivity contribution in [1.82, 2.24) is 0 Å². The summed E-state index contributed by atoms with van der Waals surface area (Å²) in [6.45, 7) is 0. The van der Waals surface area contributed by atoms with Crippen molar-refractivity contribution >= 4 is 12.0 Å². The van der Waals surface area contributed by atoms with Gasteiger partial charge in [-0.15, -0.1) is 0 Å². The minimum Gasteiger partial charge on any atom is -0.497 e. The van der Waals surface area contributed by atoms with Gasteiger partial charge in [-0.2, -0.15) is 0 Å². The van der Waals surface area contributed by atoms with Crippen molar-refractivity contribution in [2.75, 3.05) is 14.2 Å². The first-order chi connectivity index (χ1) is 8.21. The van der Waals surface area contributed by atoms with Crippen LogP contribution >= 0.6 is 0 Å². The Balaban J connectivity index is 3.11. The third-order valence-electron chi connectivity index (χ3n) is 1.94. The maximum Gasteiger partial charge on any atom is 0.340 e. The van der Waals surface area contributed by atoms with E-state index in [0.29, 0.717) is 11.3 Å². The third kappa shape index (κ3) is 3.55. The number of ether oxygens (including phenoxy) is 2. The molecule has 0 aliphatic heterocycles. The van der Waals surface area contributed by atoms with Crippen molar-refractivity contribution < 1.29 is 14.3 Å². The molecule has 0 heterocycles. The Labute approximate surface area is 98.1 Å². The lowest BCUT2D eigenvalue weighted by Crippen LogP contribution is -2.01. The molecule has 1 rings (SSSR count). The summed E-state index contributed by atoms with van der Waals surface area (Å²) in [7, 11) is 2.76. The van der Waals surface area contributed by atoms with Crippen molar-refractivity contribution in [2.45, 2.75) is 0 Å². The molecule has 88 valence electrons. The van der Waals surface area contributed by atoms with Crippen LogP contribution in [0.25, 0.3) is 16.5 Å². The summed E-state index contributed by atoms with van der Waals surface area (Å²) < 4.78 is 9.52. The number of hydrogen-bond donors (Lipinski definition) is 0. The molecular formula is C11H11N3O3. The molecule has 0 aromatic heterocycles. The molecule has 0 bridgehead atoms. The molecule has 0 atom stereocenters. The molecule has 0 aliphatic carbocycles. The maximum atomic E-state index is 11.3. The molecule has 0 saturated carbocycles. The maximum absolute atomic E-state index is 11.3. The summed E-state index contributed by atoms with van der Waals surface area (Å²) in [4.78, 5) is 13.8. The van der Waals surface area contributed by atoms with Crippen LogP contribution in [-0.4, -0.2) is 20.2 Å². The Kier molecular flexibility index (Phi) is 4.59. The summed E-state index contributed by atoms with van der Waals surface area (Å²) in [6.07, 6.45) is 1.42. The molecule has 0 saturated heterocycles. The van der Waals surface area contributed by atoms with Crippen LogP contribution in [0.15, 0.2) is 35.1 Å². The van der Waals surface area contributed by atoms with Gasteiger partial charge in [0.2, 0.25) is 0 Å². The SMILES string of the molecule is COC(=O)C(=Cc1cccc(OC)c1)N=[N+]=[N-]. The van der Waals surface area contributed by atoms with Crippen LogP contribution < -0.4 is 4.74 Å². The van der Waals surface area contributed by atoms with Crippen molar-refractivity contribution in [3.05, 3.63) is 46.0 Å². The second-order valence-electron chi connectivity index (χ2n) is 2.99. The van der Waals surface area contributed by atoms with Crippen LogP contribution in [0.5, 0.6) is 5.75 Å². The van der Waals surface area contributed by atoms with Gasteiger partial charge in [0.15, 0.2) is 0 Å². The predicted octanol–water partition coefficient (Wildman–Crippen LogP) is 2.52. The highest BCUT2D eigenvalue weighted by Crippen LogP contribution is 2.16. The van der Waals surface area contributed by atoms with E-state index in [4.69, 9.17) is 10.3 Å². The topological polar surface area (TPSA) is 84.3 Å². The van der Waals surface area contributed by atoms with Gasteiger partial charge in [-0.1, -0.05) is 17.2 Å². The van der Waals surface area contributed by atoms with Gasteiger partial charge in [0.05, 0.1) is 14.2 Å². The highest BCUT2D eigenvalue weighted by Gasteiger charge is 2.07. The summed E-state index contributed by atoms with van der Waals surface area (Å²) in [5.74, 6) is -0.0467. The number of azide groups is 1. The second-order valence-corrected chi connectivity index (χ2v) is 2.99. The number of benzene rings is 1. The van der Waals surface area contributed by atoms with Gasteiger partial charge in [-0.25, -0.2) is 4.79 Å². The summed E-state index contributed by atoms with van der Waals surface area (Å²) in [5.41, 5.74) is 8.91. The van der Waals surface area contributed by atoms with E-state index >= 15 is 0 Å². The van der Waals surface area contributed by atoms with Crippen LogP contribution in [0.2, 0.25) is 0 Å². The van der Waals surface area contributed by atoms with E-state index in [1.807, 2.05) is 0 Å². The van der Waals surface area contributed by atoms with E-state index in [1.54, 1.807) is 24.3 Å². The lowest BCUT2D eigenvalue weighted by molar-refractivity contribution is -0.136. The van der Waals surface area contributed by atoms with Gasteiger partial charge in [-0.3, -0.25) is 0 Å². The Morgan fingerprint density at radius 3 is 2.82 bits per heavy atom. The number of hydrogen-bond acceptors (Lipinski definition) is 4. The number of nitrogens with zero attached hydrogens (tertiary/aromatic N) is 3. The molecule has 1 aromatic carbocycles. The fourth-order valence-corrected chi connectivity index (χ4v) is 1.17. The highest BCUT2D eigenvalue weighted by atomic mass is 16.5. The van der Waals surface area contributed by atoms with Gasteiger partial charge in [0.1, 0.15) is 11.4 Å². The monoisotopic (exact) mass is 233 g/mol. The van der Waals surface area contributed by atoms with Gasteiger partial charge < -0.3 is 9.47 Å². The van der Waals surface area contributed by atoms with E-state index in [1.165, 1.54) is 20.3 Å². The minimum atomic E-state index is -0.689. The lowest BCUT2D eigenvalue weighted by Gasteiger charge is -2.02. The Bertz CT molecular complexity index is 490. The van der Waals surface area contributed by atoms with Gasteiger partial charge >= 0.3 is 5.97 Å². The van der Waals surface area contributed by atoms with Crippen LogP contribution in [0.3, 0.4) is 0 Å². The van der Waals surface area contributed by atoms with Crippen molar-refractivity contribution in [3.63, 3.8) is 0 Å². The fraction of sp³-hybridized carbons (Fsp3) is 0.182. The number of esters is 1. The first-order valence-corrected chi connectivity index (χ1v) is 4.70. The number of rotatable bonds is 4. The zero-order chi connectivity index (χ0) is 12.7. The zero-order valence-corrected chi connectivity index (χ0v) is 9.45.